The lowest BCUT2D eigenvalue weighted by molar-refractivity contribution is -0.0497. The van der Waals surface area contributed by atoms with Crippen molar-refractivity contribution in [2.45, 2.75) is 24.3 Å². The van der Waals surface area contributed by atoms with Crippen LogP contribution >= 0.6 is 24.2 Å². The summed E-state index contributed by atoms with van der Waals surface area (Å²) in [5.74, 6) is -1.00. The van der Waals surface area contributed by atoms with E-state index in [4.69, 9.17) is 0 Å². The smallest absolute Gasteiger partial charge is 0.267 e. The fraction of sp³-hybridized carbons (Fsp3) is 1.00. The van der Waals surface area contributed by atoms with Crippen LogP contribution in [0.4, 0.5) is 8.78 Å². The first-order valence-corrected chi connectivity index (χ1v) is 5.02. The zero-order valence-electron chi connectivity index (χ0n) is 6.61. The van der Waals surface area contributed by atoms with Gasteiger partial charge in [0.15, 0.2) is 0 Å². The summed E-state index contributed by atoms with van der Waals surface area (Å²) in [6.45, 7) is 0.480. The van der Waals surface area contributed by atoms with Crippen LogP contribution in [0.2, 0.25) is 0 Å². The van der Waals surface area contributed by atoms with Crippen molar-refractivity contribution in [3.8, 4) is 0 Å². The summed E-state index contributed by atoms with van der Waals surface area (Å²) in [5, 5.41) is 2.95. The number of hydrogen-bond acceptors (Lipinski definition) is 2. The van der Waals surface area contributed by atoms with Gasteiger partial charge in [0.1, 0.15) is 0 Å². The molecule has 2 heterocycles. The third-order valence-electron chi connectivity index (χ3n) is 2.62. The first-order valence-electron chi connectivity index (χ1n) is 3.87. The molecule has 2 fully saturated rings. The van der Waals surface area contributed by atoms with Crippen molar-refractivity contribution in [3.63, 3.8) is 0 Å². The highest BCUT2D eigenvalue weighted by Crippen LogP contribution is 2.45. The van der Waals surface area contributed by atoms with Crippen molar-refractivity contribution in [3.05, 3.63) is 0 Å². The van der Waals surface area contributed by atoms with E-state index in [1.807, 2.05) is 0 Å². The standard InChI is InChI=1S/C7H11F2NS.ClH/c8-7(9)1-3-10-6(7)2-4-11-5-6;/h10H,1-5H2;1H. The molecule has 2 rings (SSSR count). The molecule has 1 atom stereocenters. The highest BCUT2D eigenvalue weighted by Gasteiger charge is 2.58. The van der Waals surface area contributed by atoms with Crippen LogP contribution in [-0.2, 0) is 0 Å². The van der Waals surface area contributed by atoms with Gasteiger partial charge in [-0.25, -0.2) is 8.78 Å². The van der Waals surface area contributed by atoms with Crippen LogP contribution in [0.25, 0.3) is 0 Å². The maximum absolute atomic E-state index is 13.2. The minimum atomic E-state index is -2.46. The molecule has 1 unspecified atom stereocenters. The van der Waals surface area contributed by atoms with E-state index >= 15 is 0 Å². The van der Waals surface area contributed by atoms with Gasteiger partial charge in [0.2, 0.25) is 0 Å². The zero-order chi connectivity index (χ0) is 7.95. The van der Waals surface area contributed by atoms with Gasteiger partial charge in [-0.15, -0.1) is 12.4 Å². The van der Waals surface area contributed by atoms with Gasteiger partial charge in [0, 0.05) is 18.7 Å². The highest BCUT2D eigenvalue weighted by atomic mass is 35.5. The predicted molar refractivity (Wildman–Crippen MR) is 49.5 cm³/mol. The minimum absolute atomic E-state index is 0. The lowest BCUT2D eigenvalue weighted by Crippen LogP contribution is -2.51. The summed E-state index contributed by atoms with van der Waals surface area (Å²) in [6.07, 6.45) is 0.651. The summed E-state index contributed by atoms with van der Waals surface area (Å²) in [5.41, 5.74) is -0.836. The Balaban J connectivity index is 0.000000720. The second-order valence-electron chi connectivity index (χ2n) is 3.27. The summed E-state index contributed by atoms with van der Waals surface area (Å²) < 4.78 is 26.5. The lowest BCUT2D eigenvalue weighted by atomic mass is 9.93. The zero-order valence-corrected chi connectivity index (χ0v) is 8.24. The summed E-state index contributed by atoms with van der Waals surface area (Å²) in [6, 6.07) is 0. The molecular formula is C7H12ClF2NS. The van der Waals surface area contributed by atoms with Gasteiger partial charge in [-0.05, 0) is 12.2 Å². The molecule has 0 aromatic heterocycles. The second-order valence-corrected chi connectivity index (χ2v) is 4.37. The SMILES string of the molecule is Cl.FC1(F)CCNC12CCSC2. The van der Waals surface area contributed by atoms with Crippen LogP contribution in [0.15, 0.2) is 0 Å². The molecule has 2 aliphatic rings. The largest absolute Gasteiger partial charge is 0.305 e. The number of thioether (sulfide) groups is 1. The molecule has 2 saturated heterocycles. The Morgan fingerprint density at radius 3 is 2.42 bits per heavy atom. The molecule has 0 aromatic rings. The van der Waals surface area contributed by atoms with Crippen LogP contribution < -0.4 is 5.32 Å². The van der Waals surface area contributed by atoms with Crippen LogP contribution in [0, 0.1) is 0 Å². The third kappa shape index (κ3) is 1.34. The highest BCUT2D eigenvalue weighted by molar-refractivity contribution is 7.99. The molecule has 72 valence electrons. The summed E-state index contributed by atoms with van der Waals surface area (Å²) in [4.78, 5) is 0. The number of nitrogens with one attached hydrogen (secondary N) is 1. The monoisotopic (exact) mass is 215 g/mol. The Bertz CT molecular complexity index is 165. The number of alkyl halides is 2. The molecule has 2 aliphatic heterocycles. The predicted octanol–water partition coefficient (Wildman–Crippen LogP) is 1.91. The average Bonchev–Trinajstić information content (AvgIpc) is 2.45. The van der Waals surface area contributed by atoms with E-state index in [-0.39, 0.29) is 18.8 Å². The minimum Gasteiger partial charge on any atom is -0.305 e. The van der Waals surface area contributed by atoms with Gasteiger partial charge in [-0.1, -0.05) is 0 Å². The fourth-order valence-corrected chi connectivity index (χ4v) is 3.26. The normalized spacial score (nSPS) is 38.5. The lowest BCUT2D eigenvalue weighted by Gasteiger charge is -2.29. The summed E-state index contributed by atoms with van der Waals surface area (Å²) in [7, 11) is 0. The van der Waals surface area contributed by atoms with Crippen molar-refractivity contribution in [1.82, 2.24) is 5.32 Å². The molecule has 0 aliphatic carbocycles. The quantitative estimate of drug-likeness (QED) is 0.663. The first kappa shape index (κ1) is 10.5. The van der Waals surface area contributed by atoms with E-state index in [1.54, 1.807) is 11.8 Å². The fourth-order valence-electron chi connectivity index (χ4n) is 1.82. The van der Waals surface area contributed by atoms with Gasteiger partial charge >= 0.3 is 0 Å². The maximum Gasteiger partial charge on any atom is 0.267 e. The van der Waals surface area contributed by atoms with Crippen LogP contribution in [0.5, 0.6) is 0 Å². The Morgan fingerprint density at radius 2 is 2.00 bits per heavy atom. The molecule has 1 N–H and O–H groups in total. The number of rotatable bonds is 0. The third-order valence-corrected chi connectivity index (χ3v) is 3.81. The molecule has 0 saturated carbocycles. The topological polar surface area (TPSA) is 12.0 Å². The van der Waals surface area contributed by atoms with Gasteiger partial charge in [0.25, 0.3) is 5.92 Å². The molecule has 0 amide bonds. The van der Waals surface area contributed by atoms with Crippen molar-refractivity contribution >= 4 is 24.2 Å². The van der Waals surface area contributed by atoms with Gasteiger partial charge in [-0.3, -0.25) is 0 Å². The van der Waals surface area contributed by atoms with Gasteiger partial charge in [-0.2, -0.15) is 11.8 Å². The van der Waals surface area contributed by atoms with Crippen molar-refractivity contribution in [2.75, 3.05) is 18.1 Å². The molecule has 1 nitrogen and oxygen atoms in total. The maximum atomic E-state index is 13.2. The Kier molecular flexibility index (Phi) is 2.91. The van der Waals surface area contributed by atoms with Crippen molar-refractivity contribution < 1.29 is 8.78 Å². The molecule has 0 bridgehead atoms. The van der Waals surface area contributed by atoms with Crippen LogP contribution in [0.1, 0.15) is 12.8 Å². The molecule has 0 radical (unpaired) electrons. The van der Waals surface area contributed by atoms with Crippen LogP contribution in [-0.4, -0.2) is 29.5 Å². The van der Waals surface area contributed by atoms with E-state index in [0.717, 1.165) is 5.75 Å². The molecule has 0 aromatic carbocycles. The average molecular weight is 216 g/mol. The number of hydrogen-bond donors (Lipinski definition) is 1. The first-order chi connectivity index (χ1) is 5.16. The van der Waals surface area contributed by atoms with Gasteiger partial charge < -0.3 is 5.32 Å². The molecule has 5 heteroatoms. The van der Waals surface area contributed by atoms with Crippen LogP contribution in [0.3, 0.4) is 0 Å². The Labute approximate surface area is 81.1 Å². The van der Waals surface area contributed by atoms with E-state index in [2.05, 4.69) is 5.32 Å². The molecule has 1 spiro atoms. The molecular weight excluding hydrogens is 204 g/mol. The Hall–Kier alpha value is 0.460. The molecule has 12 heavy (non-hydrogen) atoms. The second kappa shape index (κ2) is 3.31. The van der Waals surface area contributed by atoms with E-state index in [1.165, 1.54) is 0 Å². The summed E-state index contributed by atoms with van der Waals surface area (Å²) >= 11 is 1.63. The van der Waals surface area contributed by atoms with E-state index in [0.29, 0.717) is 18.7 Å². The van der Waals surface area contributed by atoms with E-state index in [9.17, 15) is 8.78 Å². The van der Waals surface area contributed by atoms with Crippen molar-refractivity contribution in [1.29, 1.82) is 0 Å². The van der Waals surface area contributed by atoms with E-state index < -0.39 is 11.5 Å². The van der Waals surface area contributed by atoms with Gasteiger partial charge in [0.05, 0.1) is 5.54 Å². The Morgan fingerprint density at radius 1 is 1.25 bits per heavy atom. The number of halogens is 3. The van der Waals surface area contributed by atoms with Crippen molar-refractivity contribution in [2.24, 2.45) is 0 Å².